The van der Waals surface area contributed by atoms with E-state index in [-0.39, 0.29) is 12.3 Å². The molecule has 0 aliphatic rings. The minimum Gasteiger partial charge on any atom is -0.465 e. The summed E-state index contributed by atoms with van der Waals surface area (Å²) >= 11 is 5.87. The van der Waals surface area contributed by atoms with E-state index in [9.17, 15) is 14.7 Å². The summed E-state index contributed by atoms with van der Waals surface area (Å²) in [6.07, 6.45) is 0.945. The molecule has 6 nitrogen and oxygen atoms in total. The summed E-state index contributed by atoms with van der Waals surface area (Å²) in [4.78, 5) is 28.4. The molecule has 1 atom stereocenters. The molecule has 3 N–H and O–H groups in total. The van der Waals surface area contributed by atoms with Crippen LogP contribution >= 0.6 is 11.6 Å². The number of aromatic amines is 1. The van der Waals surface area contributed by atoms with Gasteiger partial charge in [0.15, 0.2) is 0 Å². The second kappa shape index (κ2) is 8.14. The maximum atomic E-state index is 12.7. The summed E-state index contributed by atoms with van der Waals surface area (Å²) in [6.45, 7) is 0.299. The summed E-state index contributed by atoms with van der Waals surface area (Å²) < 4.78 is 0. The molecule has 2 amide bonds. The van der Waals surface area contributed by atoms with Gasteiger partial charge >= 0.3 is 6.09 Å². The van der Waals surface area contributed by atoms with E-state index in [0.29, 0.717) is 11.6 Å². The molecule has 0 fully saturated rings. The molecule has 0 bridgehead atoms. The van der Waals surface area contributed by atoms with Crippen LogP contribution in [0.4, 0.5) is 4.79 Å². The number of carbonyl (C=O) groups is 2. The Morgan fingerprint density at radius 2 is 1.89 bits per heavy atom. The average Bonchev–Trinajstić information content (AvgIpc) is 3.08. The Morgan fingerprint density at radius 3 is 2.59 bits per heavy atom. The summed E-state index contributed by atoms with van der Waals surface area (Å²) in [5, 5.41) is 13.8. The van der Waals surface area contributed by atoms with Crippen molar-refractivity contribution in [2.24, 2.45) is 0 Å². The van der Waals surface area contributed by atoms with Gasteiger partial charge in [0.2, 0.25) is 5.91 Å². The monoisotopic (exact) mass is 385 g/mol. The first-order valence-electron chi connectivity index (χ1n) is 8.48. The third-order valence-electron chi connectivity index (χ3n) is 4.54. The van der Waals surface area contributed by atoms with Crippen LogP contribution in [-0.2, 0) is 17.8 Å². The third kappa shape index (κ3) is 4.41. The lowest BCUT2D eigenvalue weighted by Crippen LogP contribution is -2.48. The number of amides is 2. The highest BCUT2D eigenvalue weighted by Crippen LogP contribution is 2.20. The van der Waals surface area contributed by atoms with Crippen molar-refractivity contribution in [2.45, 2.75) is 19.0 Å². The molecule has 0 aliphatic carbocycles. The van der Waals surface area contributed by atoms with Gasteiger partial charge in [-0.1, -0.05) is 41.9 Å². The van der Waals surface area contributed by atoms with Gasteiger partial charge < -0.3 is 15.4 Å². The van der Waals surface area contributed by atoms with Crippen LogP contribution in [0.3, 0.4) is 0 Å². The van der Waals surface area contributed by atoms with E-state index < -0.39 is 12.1 Å². The van der Waals surface area contributed by atoms with E-state index in [1.165, 1.54) is 7.05 Å². The van der Waals surface area contributed by atoms with Gasteiger partial charge in [0.1, 0.15) is 6.04 Å². The molecule has 0 radical (unpaired) electrons. The van der Waals surface area contributed by atoms with E-state index >= 15 is 0 Å². The second-order valence-electron chi connectivity index (χ2n) is 6.32. The molecular weight excluding hydrogens is 366 g/mol. The normalized spacial score (nSPS) is 11.9. The predicted molar refractivity (Wildman–Crippen MR) is 105 cm³/mol. The largest absolute Gasteiger partial charge is 0.465 e. The first-order chi connectivity index (χ1) is 13.0. The van der Waals surface area contributed by atoms with Crippen molar-refractivity contribution < 1.29 is 14.7 Å². The zero-order valence-corrected chi connectivity index (χ0v) is 15.5. The first-order valence-corrected chi connectivity index (χ1v) is 8.86. The number of carboxylic acid groups (broad SMARTS) is 1. The number of hydrogen-bond donors (Lipinski definition) is 3. The van der Waals surface area contributed by atoms with Gasteiger partial charge in [-0.25, -0.2) is 4.79 Å². The maximum absolute atomic E-state index is 12.7. The number of rotatable bonds is 6. The number of nitrogens with one attached hydrogen (secondary N) is 2. The van der Waals surface area contributed by atoms with Crippen LogP contribution in [-0.4, -0.2) is 40.1 Å². The van der Waals surface area contributed by atoms with E-state index in [0.717, 1.165) is 26.9 Å². The highest BCUT2D eigenvalue weighted by Gasteiger charge is 2.27. The SMILES string of the molecule is CN(C(=O)O)C(Cc1c[nH]c2ccccc12)C(=O)NCc1ccc(Cl)cc1. The Bertz CT molecular complexity index is 953. The number of benzene rings is 2. The molecule has 3 aromatic rings. The zero-order chi connectivity index (χ0) is 19.4. The molecule has 27 heavy (non-hydrogen) atoms. The molecular formula is C20H20ClN3O3. The molecule has 140 valence electrons. The van der Waals surface area contributed by atoms with E-state index in [1.807, 2.05) is 42.6 Å². The third-order valence-corrected chi connectivity index (χ3v) is 4.79. The molecule has 0 aliphatic heterocycles. The number of fused-ring (bicyclic) bond motifs is 1. The van der Waals surface area contributed by atoms with Crippen molar-refractivity contribution in [1.29, 1.82) is 0 Å². The van der Waals surface area contributed by atoms with Gasteiger partial charge in [0.25, 0.3) is 0 Å². The molecule has 0 saturated heterocycles. The minimum absolute atomic E-state index is 0.277. The molecule has 0 saturated carbocycles. The second-order valence-corrected chi connectivity index (χ2v) is 6.75. The number of para-hydroxylation sites is 1. The standard InChI is InChI=1S/C20H20ClN3O3/c1-24(20(26)27)18(10-14-12-22-17-5-3-2-4-16(14)17)19(25)23-11-13-6-8-15(21)9-7-13/h2-9,12,18,22H,10-11H2,1H3,(H,23,25)(H,26,27). The Labute approximate surface area is 161 Å². The Morgan fingerprint density at radius 1 is 1.19 bits per heavy atom. The number of nitrogens with zero attached hydrogens (tertiary/aromatic N) is 1. The quantitative estimate of drug-likeness (QED) is 0.605. The number of aromatic nitrogens is 1. The number of hydrogen-bond acceptors (Lipinski definition) is 2. The number of likely N-dealkylation sites (N-methyl/N-ethyl adjacent to an activating group) is 1. The van der Waals surface area contributed by atoms with Crippen LogP contribution in [0, 0.1) is 0 Å². The van der Waals surface area contributed by atoms with Crippen LogP contribution in [0.25, 0.3) is 10.9 Å². The van der Waals surface area contributed by atoms with Crippen LogP contribution in [0.1, 0.15) is 11.1 Å². The van der Waals surface area contributed by atoms with E-state index in [4.69, 9.17) is 11.6 Å². The van der Waals surface area contributed by atoms with Crippen molar-refractivity contribution >= 4 is 34.5 Å². The number of H-pyrrole nitrogens is 1. The Kier molecular flexibility index (Phi) is 5.66. The van der Waals surface area contributed by atoms with Crippen molar-refractivity contribution in [2.75, 3.05) is 7.05 Å². The average molecular weight is 386 g/mol. The van der Waals surface area contributed by atoms with E-state index in [1.54, 1.807) is 12.1 Å². The van der Waals surface area contributed by atoms with Crippen molar-refractivity contribution in [3.05, 3.63) is 70.9 Å². The molecule has 0 spiro atoms. The van der Waals surface area contributed by atoms with Crippen LogP contribution < -0.4 is 5.32 Å². The van der Waals surface area contributed by atoms with Gasteiger partial charge in [0.05, 0.1) is 0 Å². The number of carbonyl (C=O) groups excluding carboxylic acids is 1. The van der Waals surface area contributed by atoms with Crippen LogP contribution in [0.15, 0.2) is 54.7 Å². The van der Waals surface area contributed by atoms with Crippen molar-refractivity contribution in [3.63, 3.8) is 0 Å². The lowest BCUT2D eigenvalue weighted by molar-refractivity contribution is -0.125. The molecule has 2 aromatic carbocycles. The molecule has 1 heterocycles. The fourth-order valence-corrected chi connectivity index (χ4v) is 3.08. The molecule has 3 rings (SSSR count). The lowest BCUT2D eigenvalue weighted by atomic mass is 10.0. The van der Waals surface area contributed by atoms with Crippen molar-refractivity contribution in [1.82, 2.24) is 15.2 Å². The van der Waals surface area contributed by atoms with Gasteiger partial charge in [-0.05, 0) is 29.3 Å². The zero-order valence-electron chi connectivity index (χ0n) is 14.8. The van der Waals surface area contributed by atoms with Gasteiger partial charge in [-0.3, -0.25) is 9.69 Å². The smallest absolute Gasteiger partial charge is 0.407 e. The lowest BCUT2D eigenvalue weighted by Gasteiger charge is -2.24. The molecule has 7 heteroatoms. The summed E-state index contributed by atoms with van der Waals surface area (Å²) in [5.74, 6) is -0.347. The molecule has 1 aromatic heterocycles. The minimum atomic E-state index is -1.15. The Hall–Kier alpha value is -2.99. The fourth-order valence-electron chi connectivity index (χ4n) is 2.96. The first kappa shape index (κ1) is 18.8. The highest BCUT2D eigenvalue weighted by molar-refractivity contribution is 6.30. The van der Waals surface area contributed by atoms with Gasteiger partial charge in [-0.15, -0.1) is 0 Å². The summed E-state index contributed by atoms with van der Waals surface area (Å²) in [7, 11) is 1.41. The van der Waals surface area contributed by atoms with Crippen molar-refractivity contribution in [3.8, 4) is 0 Å². The van der Waals surface area contributed by atoms with Crippen LogP contribution in [0.2, 0.25) is 5.02 Å². The molecule has 1 unspecified atom stereocenters. The fraction of sp³-hybridized carbons (Fsp3) is 0.200. The topological polar surface area (TPSA) is 85.4 Å². The van der Waals surface area contributed by atoms with E-state index in [2.05, 4.69) is 10.3 Å². The number of halogens is 1. The van der Waals surface area contributed by atoms with Crippen LogP contribution in [0.5, 0.6) is 0 Å². The maximum Gasteiger partial charge on any atom is 0.407 e. The van der Waals surface area contributed by atoms with Gasteiger partial charge in [-0.2, -0.15) is 0 Å². The Balaban J connectivity index is 1.77. The predicted octanol–water partition coefficient (Wildman–Crippen LogP) is 3.66. The summed E-state index contributed by atoms with van der Waals surface area (Å²) in [6, 6.07) is 14.0. The highest BCUT2D eigenvalue weighted by atomic mass is 35.5. The summed E-state index contributed by atoms with van der Waals surface area (Å²) in [5.41, 5.74) is 2.73. The van der Waals surface area contributed by atoms with Gasteiger partial charge in [0, 0.05) is 42.1 Å².